The van der Waals surface area contributed by atoms with Gasteiger partial charge in [-0.25, -0.2) is 0 Å². The lowest BCUT2D eigenvalue weighted by atomic mass is 9.93. The molecule has 0 radical (unpaired) electrons. The van der Waals surface area contributed by atoms with E-state index in [2.05, 4.69) is 0 Å². The van der Waals surface area contributed by atoms with Crippen molar-refractivity contribution in [1.82, 2.24) is 4.90 Å². The van der Waals surface area contributed by atoms with Crippen LogP contribution in [0.15, 0.2) is 24.3 Å². The second kappa shape index (κ2) is 6.91. The third kappa shape index (κ3) is 4.47. The van der Waals surface area contributed by atoms with Gasteiger partial charge in [0, 0.05) is 25.0 Å². The lowest BCUT2D eigenvalue weighted by molar-refractivity contribution is -0.137. The summed E-state index contributed by atoms with van der Waals surface area (Å²) in [4.78, 5) is 14.2. The van der Waals surface area contributed by atoms with Crippen LogP contribution in [0, 0.1) is 0 Å². The second-order valence-electron chi connectivity index (χ2n) is 6.45. The molecule has 0 aromatic heterocycles. The van der Waals surface area contributed by atoms with Crippen molar-refractivity contribution in [3.8, 4) is 0 Å². The Morgan fingerprint density at radius 1 is 1.43 bits per heavy atom. The molecule has 0 aliphatic carbocycles. The van der Waals surface area contributed by atoms with Gasteiger partial charge in [0.25, 0.3) is 0 Å². The van der Waals surface area contributed by atoms with Gasteiger partial charge in [-0.05, 0) is 37.3 Å². The molecular weight excluding hydrogens is 305 g/mol. The van der Waals surface area contributed by atoms with Crippen LogP contribution >= 0.6 is 0 Å². The summed E-state index contributed by atoms with van der Waals surface area (Å²) in [5, 5.41) is 0. The molecule has 3 unspecified atom stereocenters. The average molecular weight is 328 g/mol. The van der Waals surface area contributed by atoms with Gasteiger partial charge < -0.3 is 10.6 Å². The van der Waals surface area contributed by atoms with Gasteiger partial charge in [-0.1, -0.05) is 25.1 Å². The summed E-state index contributed by atoms with van der Waals surface area (Å²) in [7, 11) is 0. The van der Waals surface area contributed by atoms with Gasteiger partial charge in [0.15, 0.2) is 0 Å². The summed E-state index contributed by atoms with van der Waals surface area (Å²) in [5.74, 6) is -0.276. The zero-order valence-electron chi connectivity index (χ0n) is 13.4. The van der Waals surface area contributed by atoms with E-state index in [0.717, 1.165) is 25.0 Å². The van der Waals surface area contributed by atoms with E-state index in [1.807, 2.05) is 6.92 Å². The van der Waals surface area contributed by atoms with E-state index in [1.54, 1.807) is 17.9 Å². The fourth-order valence-electron chi connectivity index (χ4n) is 3.10. The monoisotopic (exact) mass is 328 g/mol. The SMILES string of the molecule is CC(CC(=O)N1CCC(N)CC1C)c1cccc(C(F)(F)F)c1. The first-order valence-corrected chi connectivity index (χ1v) is 7.90. The van der Waals surface area contributed by atoms with Gasteiger partial charge in [0.05, 0.1) is 5.56 Å². The zero-order valence-corrected chi connectivity index (χ0v) is 13.4. The van der Waals surface area contributed by atoms with Crippen molar-refractivity contribution in [2.45, 2.75) is 57.3 Å². The van der Waals surface area contributed by atoms with Crippen molar-refractivity contribution in [2.24, 2.45) is 5.73 Å². The molecular formula is C17H23F3N2O. The van der Waals surface area contributed by atoms with Crippen LogP contribution < -0.4 is 5.73 Å². The molecule has 0 spiro atoms. The number of carbonyl (C=O) groups is 1. The Morgan fingerprint density at radius 2 is 2.13 bits per heavy atom. The van der Waals surface area contributed by atoms with Gasteiger partial charge in [-0.15, -0.1) is 0 Å². The highest BCUT2D eigenvalue weighted by molar-refractivity contribution is 5.77. The van der Waals surface area contributed by atoms with Crippen molar-refractivity contribution >= 4 is 5.91 Å². The number of amides is 1. The standard InChI is InChI=1S/C17H23F3N2O/c1-11(13-4-3-5-14(10-13)17(18,19)20)8-16(23)22-7-6-15(21)9-12(22)2/h3-5,10-12,15H,6-9,21H2,1-2H3. The number of carbonyl (C=O) groups excluding carboxylic acids is 1. The van der Waals surface area contributed by atoms with Crippen LogP contribution in [0.3, 0.4) is 0 Å². The van der Waals surface area contributed by atoms with Crippen molar-refractivity contribution in [2.75, 3.05) is 6.54 Å². The van der Waals surface area contributed by atoms with Gasteiger partial charge >= 0.3 is 6.18 Å². The summed E-state index contributed by atoms with van der Waals surface area (Å²) in [5.41, 5.74) is 5.75. The fourth-order valence-corrected chi connectivity index (χ4v) is 3.10. The first-order valence-electron chi connectivity index (χ1n) is 7.90. The van der Waals surface area contributed by atoms with Crippen molar-refractivity contribution in [3.63, 3.8) is 0 Å². The summed E-state index contributed by atoms with van der Waals surface area (Å²) < 4.78 is 38.4. The molecule has 2 rings (SSSR count). The Balaban J connectivity index is 2.04. The Bertz CT molecular complexity index is 559. The largest absolute Gasteiger partial charge is 0.416 e. The third-order valence-electron chi connectivity index (χ3n) is 4.50. The maximum absolute atomic E-state index is 12.8. The topological polar surface area (TPSA) is 46.3 Å². The molecule has 1 amide bonds. The molecule has 0 bridgehead atoms. The predicted octanol–water partition coefficient (Wildman–Crippen LogP) is 3.54. The van der Waals surface area contributed by atoms with Crippen LogP contribution in [0.4, 0.5) is 13.2 Å². The highest BCUT2D eigenvalue weighted by Crippen LogP contribution is 2.32. The molecule has 1 aliphatic heterocycles. The van der Waals surface area contributed by atoms with E-state index in [9.17, 15) is 18.0 Å². The minimum absolute atomic E-state index is 0.0192. The first-order chi connectivity index (χ1) is 10.7. The molecule has 1 heterocycles. The molecule has 1 aliphatic rings. The van der Waals surface area contributed by atoms with Gasteiger partial charge in [0.2, 0.25) is 5.91 Å². The number of likely N-dealkylation sites (tertiary alicyclic amines) is 1. The number of rotatable bonds is 3. The summed E-state index contributed by atoms with van der Waals surface area (Å²) >= 11 is 0. The third-order valence-corrected chi connectivity index (χ3v) is 4.50. The van der Waals surface area contributed by atoms with Crippen LogP contribution in [0.5, 0.6) is 0 Å². The first kappa shape index (κ1) is 17.8. The van der Waals surface area contributed by atoms with Crippen LogP contribution in [-0.2, 0) is 11.0 Å². The lowest BCUT2D eigenvalue weighted by Crippen LogP contribution is -2.48. The Hall–Kier alpha value is -1.56. The molecule has 1 aromatic carbocycles. The van der Waals surface area contributed by atoms with E-state index in [4.69, 9.17) is 5.73 Å². The summed E-state index contributed by atoms with van der Waals surface area (Å²) in [6, 6.07) is 5.42. The molecule has 0 saturated carbocycles. The Labute approximate surface area is 134 Å². The Morgan fingerprint density at radius 3 is 2.74 bits per heavy atom. The number of nitrogens with zero attached hydrogens (tertiary/aromatic N) is 1. The number of hydrogen-bond acceptors (Lipinski definition) is 2. The van der Waals surface area contributed by atoms with Gasteiger partial charge in [-0.3, -0.25) is 4.79 Å². The number of benzene rings is 1. The smallest absolute Gasteiger partial charge is 0.340 e. The van der Waals surface area contributed by atoms with E-state index in [1.165, 1.54) is 6.07 Å². The maximum atomic E-state index is 12.8. The predicted molar refractivity (Wildman–Crippen MR) is 82.9 cm³/mol. The number of halogens is 3. The molecule has 1 saturated heterocycles. The number of piperidine rings is 1. The molecule has 1 fully saturated rings. The molecule has 2 N–H and O–H groups in total. The van der Waals surface area contributed by atoms with Crippen LogP contribution in [0.1, 0.15) is 50.2 Å². The minimum atomic E-state index is -4.36. The average Bonchev–Trinajstić information content (AvgIpc) is 2.46. The zero-order chi connectivity index (χ0) is 17.2. The molecule has 128 valence electrons. The molecule has 3 nitrogen and oxygen atoms in total. The molecule has 3 atom stereocenters. The van der Waals surface area contributed by atoms with Crippen LogP contribution in [0.25, 0.3) is 0 Å². The van der Waals surface area contributed by atoms with Crippen molar-refractivity contribution < 1.29 is 18.0 Å². The van der Waals surface area contributed by atoms with E-state index in [-0.39, 0.29) is 30.3 Å². The fraction of sp³-hybridized carbons (Fsp3) is 0.588. The van der Waals surface area contributed by atoms with E-state index >= 15 is 0 Å². The maximum Gasteiger partial charge on any atom is 0.416 e. The molecule has 6 heteroatoms. The van der Waals surface area contributed by atoms with Gasteiger partial charge in [-0.2, -0.15) is 13.2 Å². The van der Waals surface area contributed by atoms with Crippen molar-refractivity contribution in [1.29, 1.82) is 0 Å². The summed E-state index contributed by atoms with van der Waals surface area (Å²) in [6.45, 7) is 4.37. The lowest BCUT2D eigenvalue weighted by Gasteiger charge is -2.37. The number of alkyl halides is 3. The number of hydrogen-bond donors (Lipinski definition) is 1. The van der Waals surface area contributed by atoms with Gasteiger partial charge in [0.1, 0.15) is 0 Å². The van der Waals surface area contributed by atoms with E-state index < -0.39 is 11.7 Å². The van der Waals surface area contributed by atoms with Crippen LogP contribution in [0.2, 0.25) is 0 Å². The molecule has 1 aromatic rings. The normalized spacial score (nSPS) is 23.7. The Kier molecular flexibility index (Phi) is 5.34. The highest BCUT2D eigenvalue weighted by atomic mass is 19.4. The van der Waals surface area contributed by atoms with Crippen molar-refractivity contribution in [3.05, 3.63) is 35.4 Å². The van der Waals surface area contributed by atoms with Crippen LogP contribution in [-0.4, -0.2) is 29.4 Å². The highest BCUT2D eigenvalue weighted by Gasteiger charge is 2.31. The van der Waals surface area contributed by atoms with E-state index in [0.29, 0.717) is 12.1 Å². The second-order valence-corrected chi connectivity index (χ2v) is 6.45. The quantitative estimate of drug-likeness (QED) is 0.922. The number of nitrogens with two attached hydrogens (primary N) is 1. The summed E-state index contributed by atoms with van der Waals surface area (Å²) in [6.07, 6.45) is -2.62. The molecule has 23 heavy (non-hydrogen) atoms. The minimum Gasteiger partial charge on any atom is -0.340 e.